The molecule has 0 bridgehead atoms. The highest BCUT2D eigenvalue weighted by molar-refractivity contribution is 7.80. The molecule has 1 aliphatic heterocycles. The highest BCUT2D eigenvalue weighted by Crippen LogP contribution is 2.19. The van der Waals surface area contributed by atoms with Crippen LogP contribution >= 0.6 is 23.8 Å². The molecule has 0 spiro atoms. The summed E-state index contributed by atoms with van der Waals surface area (Å²) in [5.74, 6) is 0.833. The maximum Gasteiger partial charge on any atom is 0.187 e. The van der Waals surface area contributed by atoms with Crippen LogP contribution in [-0.2, 0) is 13.1 Å². The Kier molecular flexibility index (Phi) is 7.05. The predicted molar refractivity (Wildman–Crippen MR) is 109 cm³/mol. The lowest BCUT2D eigenvalue weighted by molar-refractivity contribution is 0.186. The Labute approximate surface area is 164 Å². The van der Waals surface area contributed by atoms with Crippen LogP contribution in [0.3, 0.4) is 0 Å². The standard InChI is InChI=1S/C19H23ClN4OS/c20-16-8-6-15(7-9-16)14-24-10-2-1-4-17(24)12-22-23-19(26)21-13-18-5-3-11-25-18/h3,5-9,11-12,17H,1-2,4,10,13-14H2,(H2,21,23,26)/b22-12+. The summed E-state index contributed by atoms with van der Waals surface area (Å²) in [6, 6.07) is 12.1. The molecule has 0 saturated carbocycles. The lowest BCUT2D eigenvalue weighted by Crippen LogP contribution is -2.40. The van der Waals surface area contributed by atoms with Crippen molar-refractivity contribution in [2.75, 3.05) is 6.54 Å². The van der Waals surface area contributed by atoms with Gasteiger partial charge in [0.1, 0.15) is 5.76 Å². The highest BCUT2D eigenvalue weighted by Gasteiger charge is 2.20. The molecule has 7 heteroatoms. The fourth-order valence-corrected chi connectivity index (χ4v) is 3.26. The average Bonchev–Trinajstić information content (AvgIpc) is 3.17. The minimum absolute atomic E-state index is 0.305. The SMILES string of the molecule is S=C(NCc1ccco1)N/N=C/C1CCCCN1Cc1ccc(Cl)cc1. The molecule has 138 valence electrons. The van der Waals surface area contributed by atoms with Crippen molar-refractivity contribution in [3.05, 3.63) is 59.0 Å². The lowest BCUT2D eigenvalue weighted by atomic mass is 10.0. The van der Waals surface area contributed by atoms with E-state index in [-0.39, 0.29) is 0 Å². The summed E-state index contributed by atoms with van der Waals surface area (Å²) < 4.78 is 5.26. The molecule has 1 aromatic carbocycles. The minimum Gasteiger partial charge on any atom is -0.467 e. The van der Waals surface area contributed by atoms with Gasteiger partial charge in [0.2, 0.25) is 0 Å². The van der Waals surface area contributed by atoms with Gasteiger partial charge in [-0.2, -0.15) is 5.10 Å². The van der Waals surface area contributed by atoms with Crippen LogP contribution in [0.15, 0.2) is 52.2 Å². The number of hydrogen-bond donors (Lipinski definition) is 2. The van der Waals surface area contributed by atoms with Crippen LogP contribution in [0, 0.1) is 0 Å². The number of thiocarbonyl (C=S) groups is 1. The van der Waals surface area contributed by atoms with Gasteiger partial charge in [0, 0.05) is 23.8 Å². The number of nitrogens with one attached hydrogen (secondary N) is 2. The third-order valence-corrected chi connectivity index (χ3v) is 4.87. The van der Waals surface area contributed by atoms with Crippen molar-refractivity contribution in [2.45, 2.75) is 38.4 Å². The van der Waals surface area contributed by atoms with Crippen LogP contribution in [0.5, 0.6) is 0 Å². The first-order valence-electron chi connectivity index (χ1n) is 8.78. The summed E-state index contributed by atoms with van der Waals surface area (Å²) in [7, 11) is 0. The summed E-state index contributed by atoms with van der Waals surface area (Å²) in [5.41, 5.74) is 4.15. The highest BCUT2D eigenvalue weighted by atomic mass is 35.5. The molecule has 1 saturated heterocycles. The van der Waals surface area contributed by atoms with Crippen molar-refractivity contribution in [1.82, 2.24) is 15.6 Å². The Balaban J connectivity index is 1.48. The van der Waals surface area contributed by atoms with Gasteiger partial charge in [0.05, 0.1) is 12.8 Å². The first-order valence-corrected chi connectivity index (χ1v) is 9.57. The maximum absolute atomic E-state index is 5.97. The minimum atomic E-state index is 0.305. The summed E-state index contributed by atoms with van der Waals surface area (Å²) >= 11 is 11.2. The fourth-order valence-electron chi connectivity index (χ4n) is 3.01. The fraction of sp³-hybridized carbons (Fsp3) is 0.368. The molecule has 1 unspecified atom stereocenters. The van der Waals surface area contributed by atoms with E-state index in [0.717, 1.165) is 30.3 Å². The van der Waals surface area contributed by atoms with E-state index in [2.05, 4.69) is 32.9 Å². The largest absolute Gasteiger partial charge is 0.467 e. The van der Waals surface area contributed by atoms with Crippen LogP contribution in [0.4, 0.5) is 0 Å². The normalized spacial score (nSPS) is 18.1. The monoisotopic (exact) mass is 390 g/mol. The number of furan rings is 1. The van der Waals surface area contributed by atoms with Crippen molar-refractivity contribution in [1.29, 1.82) is 0 Å². The predicted octanol–water partition coefficient (Wildman–Crippen LogP) is 3.94. The third kappa shape index (κ3) is 5.83. The van der Waals surface area contributed by atoms with E-state index in [1.807, 2.05) is 30.5 Å². The van der Waals surface area contributed by atoms with Gasteiger partial charge in [0.25, 0.3) is 0 Å². The molecule has 5 nitrogen and oxygen atoms in total. The Bertz CT molecular complexity index is 718. The van der Waals surface area contributed by atoms with Crippen LogP contribution in [0.1, 0.15) is 30.6 Å². The number of rotatable bonds is 6. The van der Waals surface area contributed by atoms with E-state index < -0.39 is 0 Å². The summed E-state index contributed by atoms with van der Waals surface area (Å²) in [6.07, 6.45) is 7.13. The molecule has 0 aliphatic carbocycles. The molecule has 0 amide bonds. The van der Waals surface area contributed by atoms with Gasteiger partial charge in [-0.15, -0.1) is 0 Å². The number of likely N-dealkylation sites (tertiary alicyclic amines) is 1. The van der Waals surface area contributed by atoms with Crippen molar-refractivity contribution in [3.8, 4) is 0 Å². The topological polar surface area (TPSA) is 52.8 Å². The van der Waals surface area contributed by atoms with Crippen LogP contribution in [0.2, 0.25) is 5.02 Å². The van der Waals surface area contributed by atoms with E-state index in [4.69, 9.17) is 28.2 Å². The molecule has 1 aliphatic rings. The van der Waals surface area contributed by atoms with Gasteiger partial charge in [0.15, 0.2) is 5.11 Å². The molecule has 2 aromatic rings. The molecular formula is C19H23ClN4OS. The number of hydrazone groups is 1. The molecule has 2 N–H and O–H groups in total. The quantitative estimate of drug-likeness (QED) is 0.444. The Morgan fingerprint density at radius 1 is 1.31 bits per heavy atom. The molecule has 1 aromatic heterocycles. The van der Waals surface area contributed by atoms with Crippen LogP contribution in [-0.4, -0.2) is 28.8 Å². The summed E-state index contributed by atoms with van der Waals surface area (Å²) in [5, 5.41) is 8.65. The number of halogens is 1. The van der Waals surface area contributed by atoms with Gasteiger partial charge < -0.3 is 9.73 Å². The van der Waals surface area contributed by atoms with E-state index in [0.29, 0.717) is 17.7 Å². The second-order valence-electron chi connectivity index (χ2n) is 6.31. The summed E-state index contributed by atoms with van der Waals surface area (Å²) in [4.78, 5) is 2.44. The molecule has 1 fully saturated rings. The Morgan fingerprint density at radius 3 is 2.92 bits per heavy atom. The van der Waals surface area contributed by atoms with Gasteiger partial charge in [-0.1, -0.05) is 30.2 Å². The van der Waals surface area contributed by atoms with Crippen LogP contribution in [0.25, 0.3) is 0 Å². The summed E-state index contributed by atoms with van der Waals surface area (Å²) in [6.45, 7) is 2.51. The van der Waals surface area contributed by atoms with Crippen molar-refractivity contribution >= 4 is 35.1 Å². The van der Waals surface area contributed by atoms with Crippen molar-refractivity contribution in [3.63, 3.8) is 0 Å². The first kappa shape index (κ1) is 18.9. The first-order chi connectivity index (χ1) is 12.7. The molecular weight excluding hydrogens is 368 g/mol. The molecule has 26 heavy (non-hydrogen) atoms. The zero-order valence-electron chi connectivity index (χ0n) is 14.5. The smallest absolute Gasteiger partial charge is 0.187 e. The zero-order chi connectivity index (χ0) is 18.2. The van der Waals surface area contributed by atoms with E-state index >= 15 is 0 Å². The average molecular weight is 391 g/mol. The van der Waals surface area contributed by atoms with E-state index in [9.17, 15) is 0 Å². The second kappa shape index (κ2) is 9.71. The van der Waals surface area contributed by atoms with Crippen molar-refractivity contribution < 1.29 is 4.42 Å². The van der Waals surface area contributed by atoms with Gasteiger partial charge in [-0.3, -0.25) is 10.3 Å². The van der Waals surface area contributed by atoms with E-state index in [1.165, 1.54) is 18.4 Å². The number of piperidine rings is 1. The van der Waals surface area contributed by atoms with Crippen molar-refractivity contribution in [2.24, 2.45) is 5.10 Å². The van der Waals surface area contributed by atoms with E-state index in [1.54, 1.807) is 6.26 Å². The number of hydrogen-bond acceptors (Lipinski definition) is 4. The number of nitrogens with zero attached hydrogens (tertiary/aromatic N) is 2. The van der Waals surface area contributed by atoms with Crippen LogP contribution < -0.4 is 10.7 Å². The Hall–Kier alpha value is -1.89. The zero-order valence-corrected chi connectivity index (χ0v) is 16.1. The molecule has 0 radical (unpaired) electrons. The van der Waals surface area contributed by atoms with Gasteiger partial charge in [-0.05, 0) is 61.4 Å². The lowest BCUT2D eigenvalue weighted by Gasteiger charge is -2.33. The number of benzene rings is 1. The molecule has 3 rings (SSSR count). The Morgan fingerprint density at radius 2 is 2.15 bits per heavy atom. The van der Waals surface area contributed by atoms with Gasteiger partial charge in [-0.25, -0.2) is 0 Å². The maximum atomic E-state index is 5.97. The third-order valence-electron chi connectivity index (χ3n) is 4.38. The van der Waals surface area contributed by atoms with Gasteiger partial charge >= 0.3 is 0 Å². The molecule has 2 heterocycles. The molecule has 1 atom stereocenters. The second-order valence-corrected chi connectivity index (χ2v) is 7.16.